The summed E-state index contributed by atoms with van der Waals surface area (Å²) in [6.07, 6.45) is 3.13. The average Bonchev–Trinajstić information content (AvgIpc) is 3.74. The maximum atomic E-state index is 15.8. The van der Waals surface area contributed by atoms with Crippen molar-refractivity contribution < 1.29 is 13.6 Å². The summed E-state index contributed by atoms with van der Waals surface area (Å²) < 4.78 is 29.4. The number of thiazole rings is 1. The largest absolute Gasteiger partial charge is 0.369 e. The molecule has 3 fully saturated rings. The summed E-state index contributed by atoms with van der Waals surface area (Å²) in [5.41, 5.74) is 3.88. The van der Waals surface area contributed by atoms with Gasteiger partial charge in [-0.2, -0.15) is 5.26 Å². The Morgan fingerprint density at radius 2 is 1.79 bits per heavy atom. The van der Waals surface area contributed by atoms with Gasteiger partial charge in [-0.1, -0.05) is 11.3 Å². The molecule has 2 saturated heterocycles. The zero-order chi connectivity index (χ0) is 29.7. The second-order valence-electron chi connectivity index (χ2n) is 11.5. The number of benzene rings is 2. The Morgan fingerprint density at radius 1 is 1.05 bits per heavy atom. The molecule has 2 aromatic carbocycles. The van der Waals surface area contributed by atoms with Crippen molar-refractivity contribution in [3.8, 4) is 17.3 Å². The summed E-state index contributed by atoms with van der Waals surface area (Å²) in [6.45, 7) is 4.98. The van der Waals surface area contributed by atoms with Gasteiger partial charge in [0, 0.05) is 74.6 Å². The maximum Gasteiger partial charge on any atom is 0.236 e. The third-order valence-corrected chi connectivity index (χ3v) is 9.67. The van der Waals surface area contributed by atoms with Crippen molar-refractivity contribution >= 4 is 44.7 Å². The number of hydrogen-bond donors (Lipinski definition) is 0. The van der Waals surface area contributed by atoms with E-state index in [2.05, 4.69) is 15.9 Å². The van der Waals surface area contributed by atoms with E-state index in [1.54, 1.807) is 18.2 Å². The number of carbonyl (C=O) groups is 1. The molecular weight excluding hydrogens is 568 g/mol. The number of nitrogens with zero attached hydrogens (tertiary/aromatic N) is 7. The number of carbonyl (C=O) groups excluding carboxylic acids is 1. The fourth-order valence-electron chi connectivity index (χ4n) is 5.78. The van der Waals surface area contributed by atoms with Gasteiger partial charge in [0.25, 0.3) is 0 Å². The molecule has 0 N–H and O–H groups in total. The first-order valence-corrected chi connectivity index (χ1v) is 15.5. The highest BCUT2D eigenvalue weighted by molar-refractivity contribution is 7.16. The van der Waals surface area contributed by atoms with E-state index in [1.165, 1.54) is 23.5 Å². The first-order chi connectivity index (χ1) is 20.9. The third kappa shape index (κ3) is 5.41. The Hall–Kier alpha value is -4.14. The number of nitriles is 1. The minimum Gasteiger partial charge on any atom is -0.369 e. The van der Waals surface area contributed by atoms with E-state index in [-0.39, 0.29) is 17.5 Å². The van der Waals surface area contributed by atoms with Gasteiger partial charge in [-0.15, -0.1) is 0 Å². The number of rotatable bonds is 7. The second kappa shape index (κ2) is 11.2. The summed E-state index contributed by atoms with van der Waals surface area (Å²) in [7, 11) is 1.87. The van der Waals surface area contributed by atoms with Gasteiger partial charge >= 0.3 is 0 Å². The molecule has 11 heteroatoms. The van der Waals surface area contributed by atoms with Crippen LogP contribution in [0.1, 0.15) is 35.8 Å². The minimum absolute atomic E-state index is 0.186. The number of anilines is 3. The topological polar surface area (TPSA) is 79.6 Å². The molecule has 4 aromatic rings. The number of halogens is 2. The van der Waals surface area contributed by atoms with Crippen LogP contribution in [0.4, 0.5) is 25.3 Å². The van der Waals surface area contributed by atoms with Gasteiger partial charge in [0.05, 0.1) is 12.2 Å². The predicted molar refractivity (Wildman–Crippen MR) is 164 cm³/mol. The van der Waals surface area contributed by atoms with E-state index in [0.717, 1.165) is 62.5 Å². The number of aromatic nitrogens is 2. The quantitative estimate of drug-likeness (QED) is 0.277. The molecule has 2 aromatic heterocycles. The van der Waals surface area contributed by atoms with Crippen molar-refractivity contribution in [3.05, 3.63) is 64.7 Å². The molecule has 2 aliphatic heterocycles. The lowest BCUT2D eigenvalue weighted by molar-refractivity contribution is -0.135. The van der Waals surface area contributed by atoms with Crippen LogP contribution in [0.25, 0.3) is 22.2 Å². The van der Waals surface area contributed by atoms with Crippen LogP contribution in [-0.4, -0.2) is 78.5 Å². The minimum atomic E-state index is -0.371. The van der Waals surface area contributed by atoms with E-state index in [4.69, 9.17) is 9.97 Å². The fourth-order valence-corrected chi connectivity index (χ4v) is 6.64. The highest BCUT2D eigenvalue weighted by Crippen LogP contribution is 2.44. The van der Waals surface area contributed by atoms with Gasteiger partial charge < -0.3 is 14.7 Å². The standard InChI is InChI=1S/C32H31F2N7OS/c1-38(32-37-30(28(18-35)43-32)21-5-7-22(33)8-6-21)27-17-26(20-3-4-20)36-31-24(27)15-23(16-25(31)34)40-13-11-39(12-14-40)19-29(42)41-9-2-10-41/h5-8,15-17,20H,2-4,9-14,19H2,1H3. The number of likely N-dealkylation sites (tertiary alicyclic amines) is 1. The molecule has 4 heterocycles. The Morgan fingerprint density at radius 3 is 2.44 bits per heavy atom. The lowest BCUT2D eigenvalue weighted by Crippen LogP contribution is -2.52. The Bertz CT molecular complexity index is 1740. The molecule has 1 amide bonds. The van der Waals surface area contributed by atoms with Gasteiger partial charge in [0.15, 0.2) is 10.9 Å². The number of piperazine rings is 1. The van der Waals surface area contributed by atoms with Crippen molar-refractivity contribution in [1.82, 2.24) is 19.8 Å². The van der Waals surface area contributed by atoms with Crippen molar-refractivity contribution in [2.75, 3.05) is 62.7 Å². The monoisotopic (exact) mass is 599 g/mol. The Kier molecular flexibility index (Phi) is 7.19. The summed E-state index contributed by atoms with van der Waals surface area (Å²) in [5.74, 6) is -0.233. The SMILES string of the molecule is CN(c1nc(-c2ccc(F)cc2)c(C#N)s1)c1cc(C2CC2)nc2c(F)cc(N3CCN(CC(=O)N4CCC4)CC3)cc12. The molecule has 0 unspecified atom stereocenters. The molecule has 1 aliphatic carbocycles. The van der Waals surface area contributed by atoms with Crippen LogP contribution in [0.5, 0.6) is 0 Å². The first-order valence-electron chi connectivity index (χ1n) is 14.7. The van der Waals surface area contributed by atoms with Crippen LogP contribution in [0.2, 0.25) is 0 Å². The predicted octanol–water partition coefficient (Wildman–Crippen LogP) is 5.51. The van der Waals surface area contributed by atoms with Crippen LogP contribution in [0.3, 0.4) is 0 Å². The smallest absolute Gasteiger partial charge is 0.236 e. The summed E-state index contributed by atoms with van der Waals surface area (Å²) in [6, 6.07) is 13.8. The molecule has 7 rings (SSSR count). The van der Waals surface area contributed by atoms with Gasteiger partial charge in [0.1, 0.15) is 28.0 Å². The molecule has 0 atom stereocenters. The van der Waals surface area contributed by atoms with Gasteiger partial charge in [0.2, 0.25) is 5.91 Å². The molecule has 0 spiro atoms. The van der Waals surface area contributed by atoms with Crippen LogP contribution >= 0.6 is 11.3 Å². The van der Waals surface area contributed by atoms with E-state index < -0.39 is 0 Å². The second-order valence-corrected chi connectivity index (χ2v) is 12.5. The zero-order valence-corrected chi connectivity index (χ0v) is 24.7. The zero-order valence-electron chi connectivity index (χ0n) is 23.9. The molecule has 43 heavy (non-hydrogen) atoms. The fraction of sp³-hybridized carbons (Fsp3) is 0.375. The number of pyridine rings is 1. The molecule has 8 nitrogen and oxygen atoms in total. The Balaban J connectivity index is 1.21. The van der Waals surface area contributed by atoms with E-state index in [9.17, 15) is 14.4 Å². The summed E-state index contributed by atoms with van der Waals surface area (Å²) >= 11 is 1.25. The molecule has 1 saturated carbocycles. The van der Waals surface area contributed by atoms with Crippen LogP contribution < -0.4 is 9.80 Å². The normalized spacial score (nSPS) is 17.2. The average molecular weight is 600 g/mol. The number of hydrogen-bond acceptors (Lipinski definition) is 8. The van der Waals surface area contributed by atoms with E-state index >= 15 is 4.39 Å². The van der Waals surface area contributed by atoms with Crippen molar-refractivity contribution in [1.29, 1.82) is 5.26 Å². The van der Waals surface area contributed by atoms with E-state index in [1.807, 2.05) is 29.0 Å². The maximum absolute atomic E-state index is 15.8. The van der Waals surface area contributed by atoms with E-state index in [0.29, 0.717) is 57.7 Å². The molecular formula is C32H31F2N7OS. The highest BCUT2D eigenvalue weighted by Gasteiger charge is 2.29. The third-order valence-electron chi connectivity index (χ3n) is 8.63. The van der Waals surface area contributed by atoms with Crippen molar-refractivity contribution in [3.63, 3.8) is 0 Å². The molecule has 220 valence electrons. The van der Waals surface area contributed by atoms with Gasteiger partial charge in [-0.25, -0.2) is 18.7 Å². The van der Waals surface area contributed by atoms with Gasteiger partial charge in [-0.3, -0.25) is 9.69 Å². The van der Waals surface area contributed by atoms with Crippen LogP contribution in [0, 0.1) is 23.0 Å². The molecule has 3 aliphatic rings. The van der Waals surface area contributed by atoms with Gasteiger partial charge in [-0.05, 0) is 61.7 Å². The lowest BCUT2D eigenvalue weighted by atomic mass is 10.1. The first kappa shape index (κ1) is 27.7. The summed E-state index contributed by atoms with van der Waals surface area (Å²) in [5, 5.41) is 11.1. The van der Waals surface area contributed by atoms with Crippen LogP contribution in [-0.2, 0) is 4.79 Å². The van der Waals surface area contributed by atoms with Crippen LogP contribution in [0.15, 0.2) is 42.5 Å². The number of fused-ring (bicyclic) bond motifs is 1. The van der Waals surface area contributed by atoms with Crippen molar-refractivity contribution in [2.45, 2.75) is 25.2 Å². The molecule has 0 radical (unpaired) electrons. The number of amides is 1. The Labute approximate surface area is 252 Å². The lowest BCUT2D eigenvalue weighted by Gasteiger charge is -2.38. The summed E-state index contributed by atoms with van der Waals surface area (Å²) in [4.78, 5) is 30.5. The molecule has 0 bridgehead atoms. The highest BCUT2D eigenvalue weighted by atomic mass is 32.1. The van der Waals surface area contributed by atoms with Crippen molar-refractivity contribution in [2.24, 2.45) is 0 Å².